The number of rotatable bonds is 5. The average molecular weight is 271 g/mol. The van der Waals surface area contributed by atoms with Crippen LogP contribution < -0.4 is 14.8 Å². The predicted octanol–water partition coefficient (Wildman–Crippen LogP) is 2.30. The van der Waals surface area contributed by atoms with Crippen LogP contribution in [0.15, 0.2) is 24.4 Å². The van der Waals surface area contributed by atoms with Crippen LogP contribution in [0.25, 0.3) is 11.3 Å². The molecule has 0 unspecified atom stereocenters. The van der Waals surface area contributed by atoms with E-state index in [9.17, 15) is 0 Å². The SMILES string of the molecule is c1cc2c(cc1-c1cnc(CNCC3CC3)[nH]1)OCO2. The first kappa shape index (κ1) is 11.8. The summed E-state index contributed by atoms with van der Waals surface area (Å²) < 4.78 is 10.7. The number of hydrogen-bond donors (Lipinski definition) is 2. The zero-order valence-electron chi connectivity index (χ0n) is 11.2. The van der Waals surface area contributed by atoms with E-state index in [4.69, 9.17) is 9.47 Å². The molecule has 0 atom stereocenters. The number of aromatic nitrogens is 2. The fourth-order valence-corrected chi connectivity index (χ4v) is 2.38. The van der Waals surface area contributed by atoms with Crippen LogP contribution >= 0.6 is 0 Å². The van der Waals surface area contributed by atoms with Crippen molar-refractivity contribution in [2.45, 2.75) is 19.4 Å². The second kappa shape index (κ2) is 4.83. The normalized spacial score (nSPS) is 16.6. The van der Waals surface area contributed by atoms with Gasteiger partial charge in [-0.05, 0) is 43.5 Å². The largest absolute Gasteiger partial charge is 0.454 e. The summed E-state index contributed by atoms with van der Waals surface area (Å²) >= 11 is 0. The Labute approximate surface area is 117 Å². The monoisotopic (exact) mass is 271 g/mol. The maximum absolute atomic E-state index is 5.40. The molecule has 2 heterocycles. The predicted molar refractivity (Wildman–Crippen MR) is 74.6 cm³/mol. The third kappa shape index (κ3) is 2.36. The number of ether oxygens (including phenoxy) is 2. The standard InChI is InChI=1S/C15H17N3O2/c1-2-10(1)6-16-8-15-17-7-12(18-15)11-3-4-13-14(5-11)20-9-19-13/h3-5,7,10,16H,1-2,6,8-9H2,(H,17,18). The molecule has 2 aromatic rings. The summed E-state index contributed by atoms with van der Waals surface area (Å²) in [4.78, 5) is 7.76. The van der Waals surface area contributed by atoms with Crippen LogP contribution in [-0.4, -0.2) is 23.3 Å². The van der Waals surface area contributed by atoms with E-state index in [1.165, 1.54) is 12.8 Å². The molecule has 1 aromatic heterocycles. The number of nitrogens with zero attached hydrogens (tertiary/aromatic N) is 1. The van der Waals surface area contributed by atoms with Gasteiger partial charge in [-0.25, -0.2) is 4.98 Å². The number of hydrogen-bond acceptors (Lipinski definition) is 4. The smallest absolute Gasteiger partial charge is 0.231 e. The Balaban J connectivity index is 1.46. The van der Waals surface area contributed by atoms with Crippen LogP contribution in [0.3, 0.4) is 0 Å². The van der Waals surface area contributed by atoms with Crippen molar-refractivity contribution in [1.82, 2.24) is 15.3 Å². The molecular weight excluding hydrogens is 254 g/mol. The number of fused-ring (bicyclic) bond motifs is 1. The third-order valence-corrected chi connectivity index (χ3v) is 3.73. The van der Waals surface area contributed by atoms with E-state index in [-0.39, 0.29) is 0 Å². The number of aromatic amines is 1. The molecule has 1 aromatic carbocycles. The van der Waals surface area contributed by atoms with E-state index >= 15 is 0 Å². The number of benzene rings is 1. The fraction of sp³-hybridized carbons (Fsp3) is 0.400. The van der Waals surface area contributed by atoms with Gasteiger partial charge in [-0.15, -0.1) is 0 Å². The Morgan fingerprint density at radius 3 is 3.05 bits per heavy atom. The first-order valence-corrected chi connectivity index (χ1v) is 7.03. The summed E-state index contributed by atoms with van der Waals surface area (Å²) in [6.45, 7) is 2.19. The minimum absolute atomic E-state index is 0.304. The molecule has 0 bridgehead atoms. The summed E-state index contributed by atoms with van der Waals surface area (Å²) in [6.07, 6.45) is 4.60. The lowest BCUT2D eigenvalue weighted by atomic mass is 10.1. The third-order valence-electron chi connectivity index (χ3n) is 3.73. The molecule has 4 rings (SSSR count). The summed E-state index contributed by atoms with van der Waals surface area (Å²) in [5, 5.41) is 3.43. The highest BCUT2D eigenvalue weighted by Crippen LogP contribution is 2.35. The van der Waals surface area contributed by atoms with Crippen LogP contribution in [0, 0.1) is 5.92 Å². The molecule has 20 heavy (non-hydrogen) atoms. The second-order valence-corrected chi connectivity index (χ2v) is 5.39. The van der Waals surface area contributed by atoms with Gasteiger partial charge in [0.25, 0.3) is 0 Å². The van der Waals surface area contributed by atoms with E-state index in [2.05, 4.69) is 15.3 Å². The van der Waals surface area contributed by atoms with Gasteiger partial charge in [0.2, 0.25) is 6.79 Å². The van der Waals surface area contributed by atoms with Gasteiger partial charge in [0.15, 0.2) is 11.5 Å². The Morgan fingerprint density at radius 2 is 2.15 bits per heavy atom. The fourth-order valence-electron chi connectivity index (χ4n) is 2.38. The zero-order valence-corrected chi connectivity index (χ0v) is 11.2. The van der Waals surface area contributed by atoms with Crippen LogP contribution in [0.5, 0.6) is 11.5 Å². The lowest BCUT2D eigenvalue weighted by Gasteiger charge is -2.01. The van der Waals surface area contributed by atoms with Crippen molar-refractivity contribution in [3.8, 4) is 22.8 Å². The van der Waals surface area contributed by atoms with Gasteiger partial charge in [0.1, 0.15) is 5.82 Å². The summed E-state index contributed by atoms with van der Waals surface area (Å²) in [7, 11) is 0. The molecule has 1 aliphatic heterocycles. The topological polar surface area (TPSA) is 59.2 Å². The van der Waals surface area contributed by atoms with Gasteiger partial charge < -0.3 is 19.8 Å². The molecule has 1 saturated carbocycles. The molecule has 0 saturated heterocycles. The molecule has 2 N–H and O–H groups in total. The van der Waals surface area contributed by atoms with E-state index in [0.29, 0.717) is 6.79 Å². The Kier molecular flexibility index (Phi) is 2.85. The van der Waals surface area contributed by atoms with Crippen molar-refractivity contribution in [3.05, 3.63) is 30.2 Å². The molecule has 1 aliphatic carbocycles. The van der Waals surface area contributed by atoms with Gasteiger partial charge in [-0.3, -0.25) is 0 Å². The summed E-state index contributed by atoms with van der Waals surface area (Å²) in [5.74, 6) is 3.46. The van der Waals surface area contributed by atoms with Crippen molar-refractivity contribution >= 4 is 0 Å². The highest BCUT2D eigenvalue weighted by atomic mass is 16.7. The minimum atomic E-state index is 0.304. The van der Waals surface area contributed by atoms with E-state index in [1.807, 2.05) is 24.4 Å². The van der Waals surface area contributed by atoms with Gasteiger partial charge in [-0.2, -0.15) is 0 Å². The zero-order chi connectivity index (χ0) is 13.4. The first-order valence-electron chi connectivity index (χ1n) is 7.03. The van der Waals surface area contributed by atoms with Crippen LogP contribution in [0.4, 0.5) is 0 Å². The van der Waals surface area contributed by atoms with Crippen LogP contribution in [-0.2, 0) is 6.54 Å². The first-order chi connectivity index (χ1) is 9.88. The molecule has 5 nitrogen and oxygen atoms in total. The quantitative estimate of drug-likeness (QED) is 0.876. The average Bonchev–Trinajstić information content (AvgIpc) is 2.99. The minimum Gasteiger partial charge on any atom is -0.454 e. The highest BCUT2D eigenvalue weighted by molar-refractivity contribution is 5.64. The van der Waals surface area contributed by atoms with Crippen molar-refractivity contribution in [2.75, 3.05) is 13.3 Å². The molecular formula is C15H17N3O2. The Bertz CT molecular complexity index is 619. The van der Waals surface area contributed by atoms with Crippen molar-refractivity contribution in [2.24, 2.45) is 5.92 Å². The summed E-state index contributed by atoms with van der Waals surface area (Å²) in [5.41, 5.74) is 2.07. The maximum Gasteiger partial charge on any atom is 0.231 e. The lowest BCUT2D eigenvalue weighted by Crippen LogP contribution is -2.16. The maximum atomic E-state index is 5.40. The van der Waals surface area contributed by atoms with E-state index in [1.54, 1.807) is 0 Å². The summed E-state index contributed by atoms with van der Waals surface area (Å²) in [6, 6.07) is 5.93. The van der Waals surface area contributed by atoms with Gasteiger partial charge in [0.05, 0.1) is 18.4 Å². The number of imidazole rings is 1. The van der Waals surface area contributed by atoms with Crippen LogP contribution in [0.2, 0.25) is 0 Å². The van der Waals surface area contributed by atoms with E-state index < -0.39 is 0 Å². The van der Waals surface area contributed by atoms with E-state index in [0.717, 1.165) is 47.6 Å². The molecule has 5 heteroatoms. The molecule has 0 radical (unpaired) electrons. The van der Waals surface area contributed by atoms with Gasteiger partial charge in [-0.1, -0.05) is 0 Å². The number of H-pyrrole nitrogens is 1. The molecule has 2 aliphatic rings. The van der Waals surface area contributed by atoms with Crippen molar-refractivity contribution in [3.63, 3.8) is 0 Å². The molecule has 1 fully saturated rings. The molecule has 0 spiro atoms. The van der Waals surface area contributed by atoms with Crippen molar-refractivity contribution < 1.29 is 9.47 Å². The molecule has 104 valence electrons. The lowest BCUT2D eigenvalue weighted by molar-refractivity contribution is 0.174. The second-order valence-electron chi connectivity index (χ2n) is 5.39. The Morgan fingerprint density at radius 1 is 1.25 bits per heavy atom. The highest BCUT2D eigenvalue weighted by Gasteiger charge is 2.20. The van der Waals surface area contributed by atoms with Crippen molar-refractivity contribution in [1.29, 1.82) is 0 Å². The Hall–Kier alpha value is -2.01. The number of nitrogens with one attached hydrogen (secondary N) is 2. The van der Waals surface area contributed by atoms with Crippen LogP contribution in [0.1, 0.15) is 18.7 Å². The molecule has 0 amide bonds. The van der Waals surface area contributed by atoms with Gasteiger partial charge in [0, 0.05) is 5.56 Å². The van der Waals surface area contributed by atoms with Gasteiger partial charge >= 0.3 is 0 Å².